The fraction of sp³-hybridized carbons (Fsp3) is 0.263. The first kappa shape index (κ1) is 16.7. The van der Waals surface area contributed by atoms with Crippen LogP contribution in [0, 0.1) is 0 Å². The summed E-state index contributed by atoms with van der Waals surface area (Å²) < 4.78 is 0. The van der Waals surface area contributed by atoms with Crippen molar-refractivity contribution in [1.82, 2.24) is 10.6 Å². The third-order valence-corrected chi connectivity index (χ3v) is 5.06. The summed E-state index contributed by atoms with van der Waals surface area (Å²) in [5, 5.41) is 6.25. The molecule has 2 unspecified atom stereocenters. The number of hydrogen-bond donors (Lipinski definition) is 2. The average Bonchev–Trinajstić information content (AvgIpc) is 2.63. The third kappa shape index (κ3) is 4.46. The van der Waals surface area contributed by atoms with E-state index in [0.29, 0.717) is 18.7 Å². The molecule has 2 aromatic rings. The molecule has 1 fully saturated rings. The van der Waals surface area contributed by atoms with Crippen molar-refractivity contribution >= 4 is 22.8 Å². The maximum Gasteiger partial charge on any atom is 0.238 e. The standard InChI is InChI=1S/C19H20N2O2S/c22-18(20-12-15-9-5-2-6-10-15)17-13-24-19(23)16(21-17)11-14-7-3-1-4-8-14/h1-10,16-17,21H,11-13H2,(H,20,22). The first-order valence-corrected chi connectivity index (χ1v) is 8.99. The third-order valence-electron chi connectivity index (χ3n) is 3.99. The minimum Gasteiger partial charge on any atom is -0.351 e. The van der Waals surface area contributed by atoms with Gasteiger partial charge in [-0.3, -0.25) is 14.9 Å². The van der Waals surface area contributed by atoms with E-state index in [1.165, 1.54) is 11.8 Å². The molecule has 2 N–H and O–H groups in total. The van der Waals surface area contributed by atoms with Crippen LogP contribution < -0.4 is 10.6 Å². The molecule has 1 amide bonds. The zero-order valence-corrected chi connectivity index (χ0v) is 14.1. The van der Waals surface area contributed by atoms with Crippen molar-refractivity contribution in [2.75, 3.05) is 5.75 Å². The molecule has 0 aliphatic carbocycles. The molecule has 5 heteroatoms. The van der Waals surface area contributed by atoms with Crippen LogP contribution in [0.5, 0.6) is 0 Å². The second-order valence-electron chi connectivity index (χ2n) is 5.80. The molecule has 2 atom stereocenters. The van der Waals surface area contributed by atoms with Crippen LogP contribution in [0.15, 0.2) is 60.7 Å². The van der Waals surface area contributed by atoms with E-state index < -0.39 is 0 Å². The molecule has 1 heterocycles. The minimum atomic E-state index is -0.342. The lowest BCUT2D eigenvalue weighted by atomic mass is 10.1. The highest BCUT2D eigenvalue weighted by molar-refractivity contribution is 8.13. The number of nitrogens with one attached hydrogen (secondary N) is 2. The van der Waals surface area contributed by atoms with Crippen LogP contribution in [0.3, 0.4) is 0 Å². The zero-order valence-electron chi connectivity index (χ0n) is 13.3. The zero-order chi connectivity index (χ0) is 16.8. The number of amides is 1. The average molecular weight is 340 g/mol. The number of rotatable bonds is 5. The monoisotopic (exact) mass is 340 g/mol. The molecule has 24 heavy (non-hydrogen) atoms. The van der Waals surface area contributed by atoms with Crippen molar-refractivity contribution in [3.8, 4) is 0 Å². The van der Waals surface area contributed by atoms with Gasteiger partial charge in [-0.05, 0) is 17.5 Å². The quantitative estimate of drug-likeness (QED) is 0.876. The van der Waals surface area contributed by atoms with Crippen LogP contribution in [0.1, 0.15) is 11.1 Å². The van der Waals surface area contributed by atoms with E-state index >= 15 is 0 Å². The van der Waals surface area contributed by atoms with E-state index in [-0.39, 0.29) is 23.1 Å². The highest BCUT2D eigenvalue weighted by Crippen LogP contribution is 2.18. The van der Waals surface area contributed by atoms with Gasteiger partial charge in [-0.1, -0.05) is 72.4 Å². The van der Waals surface area contributed by atoms with E-state index in [9.17, 15) is 9.59 Å². The highest BCUT2D eigenvalue weighted by atomic mass is 32.2. The summed E-state index contributed by atoms with van der Waals surface area (Å²) >= 11 is 1.24. The van der Waals surface area contributed by atoms with Crippen molar-refractivity contribution in [3.05, 3.63) is 71.8 Å². The van der Waals surface area contributed by atoms with Gasteiger partial charge in [0.15, 0.2) is 0 Å². The maximum absolute atomic E-state index is 12.4. The Kier molecular flexibility index (Phi) is 5.67. The molecular weight excluding hydrogens is 320 g/mol. The first-order valence-electron chi connectivity index (χ1n) is 8.00. The van der Waals surface area contributed by atoms with Gasteiger partial charge in [-0.2, -0.15) is 0 Å². The van der Waals surface area contributed by atoms with Crippen LogP contribution in [0.25, 0.3) is 0 Å². The molecule has 1 aliphatic heterocycles. The SMILES string of the molecule is O=C(NCc1ccccc1)C1CSC(=O)C(Cc2ccccc2)N1. The fourth-order valence-corrected chi connectivity index (χ4v) is 3.61. The normalized spacial score (nSPS) is 20.6. The largest absolute Gasteiger partial charge is 0.351 e. The van der Waals surface area contributed by atoms with Crippen molar-refractivity contribution in [1.29, 1.82) is 0 Å². The molecule has 4 nitrogen and oxygen atoms in total. The molecule has 0 saturated carbocycles. The van der Waals surface area contributed by atoms with E-state index in [1.54, 1.807) is 0 Å². The summed E-state index contributed by atoms with van der Waals surface area (Å²) in [5.41, 5.74) is 2.15. The first-order chi connectivity index (χ1) is 11.7. The summed E-state index contributed by atoms with van der Waals surface area (Å²) in [6, 6.07) is 19.0. The lowest BCUT2D eigenvalue weighted by Gasteiger charge is -2.28. The highest BCUT2D eigenvalue weighted by Gasteiger charge is 2.32. The molecule has 0 aromatic heterocycles. The molecule has 2 aromatic carbocycles. The summed E-state index contributed by atoms with van der Waals surface area (Å²) in [6.45, 7) is 0.500. The lowest BCUT2D eigenvalue weighted by Crippen LogP contribution is -2.55. The van der Waals surface area contributed by atoms with Gasteiger partial charge < -0.3 is 5.32 Å². The lowest BCUT2D eigenvalue weighted by molar-refractivity contribution is -0.123. The smallest absolute Gasteiger partial charge is 0.238 e. The Morgan fingerprint density at radius 1 is 1.04 bits per heavy atom. The Morgan fingerprint density at radius 3 is 2.33 bits per heavy atom. The van der Waals surface area contributed by atoms with Crippen LogP contribution in [0.2, 0.25) is 0 Å². The van der Waals surface area contributed by atoms with E-state index in [1.807, 2.05) is 60.7 Å². The van der Waals surface area contributed by atoms with Crippen molar-refractivity contribution in [2.24, 2.45) is 0 Å². The summed E-state index contributed by atoms with van der Waals surface area (Å²) in [5.74, 6) is 0.419. The number of benzene rings is 2. The molecule has 0 bridgehead atoms. The van der Waals surface area contributed by atoms with Crippen LogP contribution in [0.4, 0.5) is 0 Å². The number of carbonyl (C=O) groups is 2. The maximum atomic E-state index is 12.4. The molecule has 3 rings (SSSR count). The summed E-state index contributed by atoms with van der Waals surface area (Å²) in [4.78, 5) is 24.5. The van der Waals surface area contributed by atoms with Gasteiger partial charge in [0.2, 0.25) is 11.0 Å². The molecule has 1 saturated heterocycles. The predicted molar refractivity (Wildman–Crippen MR) is 96.6 cm³/mol. The van der Waals surface area contributed by atoms with Gasteiger partial charge in [-0.15, -0.1) is 0 Å². The van der Waals surface area contributed by atoms with Gasteiger partial charge in [0.05, 0.1) is 12.1 Å². The molecule has 0 radical (unpaired) electrons. The summed E-state index contributed by atoms with van der Waals surface area (Å²) in [7, 11) is 0. The van der Waals surface area contributed by atoms with E-state index in [0.717, 1.165) is 11.1 Å². The van der Waals surface area contributed by atoms with Gasteiger partial charge in [0, 0.05) is 12.3 Å². The molecule has 0 spiro atoms. The minimum absolute atomic E-state index is 0.0584. The fourth-order valence-electron chi connectivity index (χ4n) is 2.68. The summed E-state index contributed by atoms with van der Waals surface area (Å²) in [6.07, 6.45) is 0.606. The number of hydrogen-bond acceptors (Lipinski definition) is 4. The van der Waals surface area contributed by atoms with Crippen LogP contribution in [-0.4, -0.2) is 28.9 Å². The van der Waals surface area contributed by atoms with Gasteiger partial charge in [0.25, 0.3) is 0 Å². The predicted octanol–water partition coefficient (Wildman–Crippen LogP) is 2.15. The Morgan fingerprint density at radius 2 is 1.67 bits per heavy atom. The van der Waals surface area contributed by atoms with Gasteiger partial charge in [-0.25, -0.2) is 0 Å². The number of thioether (sulfide) groups is 1. The number of carbonyl (C=O) groups excluding carboxylic acids is 2. The van der Waals surface area contributed by atoms with E-state index in [2.05, 4.69) is 10.6 Å². The molecular formula is C19H20N2O2S. The Labute approximate surface area is 146 Å². The second kappa shape index (κ2) is 8.13. The Hall–Kier alpha value is -2.11. The van der Waals surface area contributed by atoms with Crippen LogP contribution in [-0.2, 0) is 22.6 Å². The Bertz CT molecular complexity index is 691. The van der Waals surface area contributed by atoms with Crippen LogP contribution >= 0.6 is 11.8 Å². The van der Waals surface area contributed by atoms with Crippen molar-refractivity contribution < 1.29 is 9.59 Å². The van der Waals surface area contributed by atoms with E-state index in [4.69, 9.17) is 0 Å². The second-order valence-corrected chi connectivity index (χ2v) is 6.82. The van der Waals surface area contributed by atoms with Gasteiger partial charge in [0.1, 0.15) is 0 Å². The molecule has 1 aliphatic rings. The topological polar surface area (TPSA) is 58.2 Å². The van der Waals surface area contributed by atoms with Crippen molar-refractivity contribution in [2.45, 2.75) is 25.0 Å². The molecule has 124 valence electrons. The van der Waals surface area contributed by atoms with Crippen molar-refractivity contribution in [3.63, 3.8) is 0 Å². The van der Waals surface area contributed by atoms with Gasteiger partial charge >= 0.3 is 0 Å². The Balaban J connectivity index is 1.56.